The molecule has 2 N–H and O–H groups in total. The molecule has 0 bridgehead atoms. The van der Waals surface area contributed by atoms with Gasteiger partial charge in [0.15, 0.2) is 0 Å². The number of benzene rings is 1. The van der Waals surface area contributed by atoms with Crippen LogP contribution in [0.25, 0.3) is 0 Å². The Morgan fingerprint density at radius 3 is 2.91 bits per heavy atom. The van der Waals surface area contributed by atoms with Crippen LogP contribution in [-0.4, -0.2) is 38.2 Å². The molecule has 1 aromatic rings. The fourth-order valence-corrected chi connectivity index (χ4v) is 2.56. The number of aryl methyl sites for hydroxylation is 1. The van der Waals surface area contributed by atoms with E-state index in [0.29, 0.717) is 19.8 Å². The molecule has 0 saturated carbocycles. The van der Waals surface area contributed by atoms with E-state index in [1.165, 1.54) is 0 Å². The summed E-state index contributed by atoms with van der Waals surface area (Å²) in [4.78, 5) is 25.2. The van der Waals surface area contributed by atoms with Crippen LogP contribution in [0.2, 0.25) is 0 Å². The molecule has 0 radical (unpaired) electrons. The topological polar surface area (TPSA) is 70.7 Å². The zero-order valence-corrected chi connectivity index (χ0v) is 13.1. The Kier molecular flexibility index (Phi) is 5.77. The zero-order valence-electron chi connectivity index (χ0n) is 13.1. The number of rotatable bonds is 5. The largest absolute Gasteiger partial charge is 0.380 e. The van der Waals surface area contributed by atoms with Gasteiger partial charge in [0.1, 0.15) is 0 Å². The number of nitrogens with zero attached hydrogens (tertiary/aromatic N) is 1. The number of hydrogen-bond acceptors (Lipinski definition) is 3. The lowest BCUT2D eigenvalue weighted by Crippen LogP contribution is -2.34. The highest BCUT2D eigenvalue weighted by Crippen LogP contribution is 2.29. The van der Waals surface area contributed by atoms with Crippen LogP contribution in [0.4, 0.5) is 16.2 Å². The molecule has 2 rings (SSSR count). The fourth-order valence-electron chi connectivity index (χ4n) is 2.56. The van der Waals surface area contributed by atoms with Crippen molar-refractivity contribution in [1.82, 2.24) is 5.32 Å². The molecule has 0 fully saturated rings. The predicted molar refractivity (Wildman–Crippen MR) is 86.3 cm³/mol. The van der Waals surface area contributed by atoms with Gasteiger partial charge in [0.25, 0.3) is 0 Å². The number of nitrogens with one attached hydrogen (secondary N) is 2. The van der Waals surface area contributed by atoms with E-state index >= 15 is 0 Å². The van der Waals surface area contributed by atoms with Crippen molar-refractivity contribution in [1.29, 1.82) is 0 Å². The van der Waals surface area contributed by atoms with Crippen LogP contribution in [0.1, 0.15) is 25.8 Å². The molecule has 0 aromatic heterocycles. The first-order chi connectivity index (χ1) is 10.6. The molecule has 6 nitrogen and oxygen atoms in total. The molecule has 22 heavy (non-hydrogen) atoms. The van der Waals surface area contributed by atoms with Gasteiger partial charge in [-0.3, -0.25) is 4.79 Å². The summed E-state index contributed by atoms with van der Waals surface area (Å²) in [6.07, 6.45) is 1.86. The fraction of sp³-hybridized carbons (Fsp3) is 0.500. The highest BCUT2D eigenvalue weighted by molar-refractivity contribution is 5.94. The molecule has 0 spiro atoms. The number of anilines is 2. The van der Waals surface area contributed by atoms with Crippen LogP contribution in [-0.2, 0) is 16.0 Å². The molecule has 0 atom stereocenters. The lowest BCUT2D eigenvalue weighted by molar-refractivity contribution is -0.116. The quantitative estimate of drug-likeness (QED) is 0.819. The maximum absolute atomic E-state index is 11.8. The van der Waals surface area contributed by atoms with Crippen LogP contribution in [0, 0.1) is 0 Å². The summed E-state index contributed by atoms with van der Waals surface area (Å²) in [5.74, 6) is 0.0512. The van der Waals surface area contributed by atoms with Gasteiger partial charge in [-0.25, -0.2) is 4.79 Å². The predicted octanol–water partition coefficient (Wildman–Crippen LogP) is 2.14. The summed E-state index contributed by atoms with van der Waals surface area (Å²) >= 11 is 0. The maximum atomic E-state index is 11.8. The van der Waals surface area contributed by atoms with Crippen molar-refractivity contribution in [2.24, 2.45) is 0 Å². The average Bonchev–Trinajstić information content (AvgIpc) is 2.50. The van der Waals surface area contributed by atoms with E-state index in [1.54, 1.807) is 11.8 Å². The number of fused-ring (bicyclic) bond motifs is 1. The highest BCUT2D eigenvalue weighted by atomic mass is 16.5. The number of hydrogen-bond donors (Lipinski definition) is 2. The lowest BCUT2D eigenvalue weighted by atomic mass is 10.0. The summed E-state index contributed by atoms with van der Waals surface area (Å²) in [5.41, 5.74) is 2.77. The van der Waals surface area contributed by atoms with E-state index in [1.807, 2.05) is 25.1 Å². The molecular formula is C16H23N3O3. The molecule has 6 heteroatoms. The van der Waals surface area contributed by atoms with Crippen molar-refractivity contribution >= 4 is 23.3 Å². The van der Waals surface area contributed by atoms with E-state index in [2.05, 4.69) is 10.6 Å². The van der Waals surface area contributed by atoms with Gasteiger partial charge in [0.05, 0.1) is 6.61 Å². The molecule has 0 saturated heterocycles. The normalized spacial score (nSPS) is 13.5. The third-order valence-corrected chi connectivity index (χ3v) is 3.57. The third kappa shape index (κ3) is 4.21. The molecule has 120 valence electrons. The number of carbonyl (C=O) groups excluding carboxylic acids is 2. The molecular weight excluding hydrogens is 282 g/mol. The van der Waals surface area contributed by atoms with E-state index in [0.717, 1.165) is 36.3 Å². The first-order valence-corrected chi connectivity index (χ1v) is 7.65. The van der Waals surface area contributed by atoms with Crippen molar-refractivity contribution < 1.29 is 14.3 Å². The summed E-state index contributed by atoms with van der Waals surface area (Å²) < 4.78 is 5.16. The smallest absolute Gasteiger partial charge is 0.319 e. The summed E-state index contributed by atoms with van der Waals surface area (Å²) in [5, 5.41) is 5.54. The molecule has 0 unspecified atom stereocenters. The van der Waals surface area contributed by atoms with Gasteiger partial charge in [-0.1, -0.05) is 0 Å². The van der Waals surface area contributed by atoms with Crippen LogP contribution in [0.3, 0.4) is 0 Å². The number of ether oxygens (including phenoxy) is 1. The van der Waals surface area contributed by atoms with Crippen molar-refractivity contribution in [2.45, 2.75) is 26.7 Å². The van der Waals surface area contributed by atoms with Gasteiger partial charge < -0.3 is 20.3 Å². The standard InChI is InChI=1S/C16H23N3O3/c1-3-22-10-8-17-16(21)18-14-6-7-15-13(11-14)5-4-9-19(15)12(2)20/h6-7,11H,3-5,8-10H2,1-2H3,(H2,17,18,21). The van der Waals surface area contributed by atoms with Gasteiger partial charge in [0.2, 0.25) is 5.91 Å². The monoisotopic (exact) mass is 305 g/mol. The van der Waals surface area contributed by atoms with Gasteiger partial charge in [-0.2, -0.15) is 0 Å². The first kappa shape index (κ1) is 16.3. The minimum Gasteiger partial charge on any atom is -0.380 e. The minimum absolute atomic E-state index is 0.0512. The van der Waals surface area contributed by atoms with Crippen LogP contribution in [0.5, 0.6) is 0 Å². The highest BCUT2D eigenvalue weighted by Gasteiger charge is 2.20. The third-order valence-electron chi connectivity index (χ3n) is 3.57. The van der Waals surface area contributed by atoms with Crippen LogP contribution < -0.4 is 15.5 Å². The van der Waals surface area contributed by atoms with Crippen LogP contribution >= 0.6 is 0 Å². The summed E-state index contributed by atoms with van der Waals surface area (Å²) in [7, 11) is 0. The van der Waals surface area contributed by atoms with Gasteiger partial charge in [-0.15, -0.1) is 0 Å². The second-order valence-corrected chi connectivity index (χ2v) is 5.20. The molecule has 1 aliphatic rings. The summed E-state index contributed by atoms with van der Waals surface area (Å²) in [6.45, 7) is 5.86. The Hall–Kier alpha value is -2.08. The minimum atomic E-state index is -0.251. The van der Waals surface area contributed by atoms with Gasteiger partial charge >= 0.3 is 6.03 Å². The van der Waals surface area contributed by atoms with Crippen molar-refractivity contribution in [2.75, 3.05) is 36.5 Å². The molecule has 1 heterocycles. The SMILES string of the molecule is CCOCCNC(=O)Nc1ccc2c(c1)CCCN2C(C)=O. The number of carbonyl (C=O) groups is 2. The molecule has 1 aliphatic heterocycles. The van der Waals surface area contributed by atoms with Gasteiger partial charge in [0, 0.05) is 38.0 Å². The summed E-state index contributed by atoms with van der Waals surface area (Å²) in [6, 6.07) is 5.40. The first-order valence-electron chi connectivity index (χ1n) is 7.65. The average molecular weight is 305 g/mol. The Balaban J connectivity index is 1.96. The Morgan fingerprint density at radius 2 is 2.18 bits per heavy atom. The lowest BCUT2D eigenvalue weighted by Gasteiger charge is -2.29. The van der Waals surface area contributed by atoms with Crippen molar-refractivity contribution in [3.8, 4) is 0 Å². The number of amides is 3. The zero-order chi connectivity index (χ0) is 15.9. The molecule has 1 aromatic carbocycles. The Labute approximate surface area is 130 Å². The van der Waals surface area contributed by atoms with E-state index < -0.39 is 0 Å². The van der Waals surface area contributed by atoms with Crippen LogP contribution in [0.15, 0.2) is 18.2 Å². The van der Waals surface area contributed by atoms with Crippen molar-refractivity contribution in [3.05, 3.63) is 23.8 Å². The maximum Gasteiger partial charge on any atom is 0.319 e. The second kappa shape index (κ2) is 7.79. The molecule has 3 amide bonds. The Morgan fingerprint density at radius 1 is 1.36 bits per heavy atom. The van der Waals surface area contributed by atoms with E-state index in [9.17, 15) is 9.59 Å². The van der Waals surface area contributed by atoms with E-state index in [4.69, 9.17) is 4.74 Å². The Bertz CT molecular complexity index is 545. The van der Waals surface area contributed by atoms with Gasteiger partial charge in [-0.05, 0) is 43.5 Å². The van der Waals surface area contributed by atoms with E-state index in [-0.39, 0.29) is 11.9 Å². The van der Waals surface area contributed by atoms with Crippen molar-refractivity contribution in [3.63, 3.8) is 0 Å². The number of urea groups is 1. The molecule has 0 aliphatic carbocycles. The second-order valence-electron chi connectivity index (χ2n) is 5.20.